The molecule has 0 aliphatic heterocycles. The first-order chi connectivity index (χ1) is 35.6. The summed E-state index contributed by atoms with van der Waals surface area (Å²) < 4.78 is 22.3. The fourth-order valence-corrected chi connectivity index (χ4v) is 9.60. The van der Waals surface area contributed by atoms with Crippen molar-refractivity contribution < 1.29 is 18.5 Å². The number of para-hydroxylation sites is 8. The van der Waals surface area contributed by atoms with Gasteiger partial charge in [0.1, 0.15) is 16.8 Å². The van der Waals surface area contributed by atoms with Gasteiger partial charge in [-0.1, -0.05) is 139 Å². The lowest BCUT2D eigenvalue weighted by Gasteiger charge is -2.08. The van der Waals surface area contributed by atoms with Crippen molar-refractivity contribution >= 4 is 89.4 Å². The monoisotopic (exact) mass is 1010 g/mol. The van der Waals surface area contributed by atoms with Gasteiger partial charge in [0.2, 0.25) is 11.8 Å². The zero-order chi connectivity index (χ0) is 48.4. The van der Waals surface area contributed by atoms with Crippen molar-refractivity contribution in [1.29, 1.82) is 0 Å². The van der Waals surface area contributed by atoms with Crippen LogP contribution >= 0.6 is 15.9 Å². The Labute approximate surface area is 430 Å². The van der Waals surface area contributed by atoms with Gasteiger partial charge in [-0.05, 0) is 139 Å². The molecule has 0 amide bonds. The molecule has 351 valence electrons. The second-order valence-corrected chi connectivity index (χ2v) is 18.0. The Bertz CT molecular complexity index is 4120. The van der Waals surface area contributed by atoms with Crippen molar-refractivity contribution in [2.45, 2.75) is 7.43 Å². The summed E-state index contributed by atoms with van der Waals surface area (Å²) in [5.41, 5.74) is 14.7. The molecule has 0 saturated heterocycles. The zero-order valence-corrected chi connectivity index (χ0v) is 40.1. The molecule has 0 unspecified atom stereocenters. The number of fused-ring (bicyclic) bond motifs is 8. The Morgan fingerprint density at radius 2 is 0.808 bits per heavy atom. The molecule has 0 aliphatic rings. The molecule has 14 aromatic rings. The molecule has 0 spiro atoms. The van der Waals surface area contributed by atoms with Crippen molar-refractivity contribution in [2.75, 3.05) is 0 Å². The molecule has 0 bridgehead atoms. The number of oxazole rings is 2. The summed E-state index contributed by atoms with van der Waals surface area (Å²) in [6.45, 7) is 0. The number of nitrogens with zero attached hydrogens (tertiary/aromatic N) is 4. The van der Waals surface area contributed by atoms with Gasteiger partial charge in [0.15, 0.2) is 11.2 Å². The molecule has 10 aromatic carbocycles. The van der Waals surface area contributed by atoms with Crippen LogP contribution < -0.4 is 4.65 Å². The Balaban J connectivity index is 0.000000127. The zero-order valence-electron chi connectivity index (χ0n) is 38.5. The smallest absolute Gasteiger partial charge is 0.537 e. The van der Waals surface area contributed by atoms with Gasteiger partial charge >= 0.3 is 7.69 Å². The molecule has 10 heteroatoms. The van der Waals surface area contributed by atoms with Crippen LogP contribution in [-0.2, 0) is 0 Å². The third-order valence-corrected chi connectivity index (χ3v) is 13.2. The summed E-state index contributed by atoms with van der Waals surface area (Å²) in [6.07, 6.45) is 0. The van der Waals surface area contributed by atoms with E-state index in [-0.39, 0.29) is 7.43 Å². The maximum Gasteiger partial charge on any atom is 0.569 e. The van der Waals surface area contributed by atoms with E-state index in [2.05, 4.69) is 156 Å². The molecule has 4 heterocycles. The highest BCUT2D eigenvalue weighted by Crippen LogP contribution is 2.37. The Hall–Kier alpha value is -8.96. The number of hydrogen-bond acceptors (Lipinski definition) is 6. The van der Waals surface area contributed by atoms with Crippen LogP contribution in [0.15, 0.2) is 256 Å². The maximum atomic E-state index is 8.84. The molecule has 73 heavy (non-hydrogen) atoms. The first-order valence-electron chi connectivity index (χ1n) is 23.4. The third kappa shape index (κ3) is 9.17. The van der Waals surface area contributed by atoms with Crippen molar-refractivity contribution in [3.05, 3.63) is 247 Å². The van der Waals surface area contributed by atoms with Crippen LogP contribution in [-0.4, -0.2) is 31.8 Å². The number of rotatable bonds is 7. The minimum absolute atomic E-state index is 0. The lowest BCUT2D eigenvalue weighted by atomic mass is 10.0. The summed E-state index contributed by atoms with van der Waals surface area (Å²) in [7, 11) is 0.706. The van der Waals surface area contributed by atoms with E-state index in [9.17, 15) is 0 Å². The molecule has 8 nitrogen and oxygen atoms in total. The number of hydrogen-bond donors (Lipinski definition) is 1. The summed E-state index contributed by atoms with van der Waals surface area (Å²) in [5, 5.41) is 13.6. The van der Waals surface area contributed by atoms with E-state index >= 15 is 0 Å². The average Bonchev–Trinajstić information content (AvgIpc) is 4.23. The van der Waals surface area contributed by atoms with Gasteiger partial charge in [-0.25, -0.2) is 9.97 Å². The highest BCUT2D eigenvalue weighted by atomic mass is 79.9. The Morgan fingerprint density at radius 1 is 0.397 bits per heavy atom. The molecular weight excluding hydrogens is 967 g/mol. The maximum absolute atomic E-state index is 8.84. The summed E-state index contributed by atoms with van der Waals surface area (Å²) in [4.78, 5) is 9.05. The summed E-state index contributed by atoms with van der Waals surface area (Å²) in [5.74, 6) is 1.92. The highest BCUT2D eigenvalue weighted by molar-refractivity contribution is 9.10. The molecule has 14 rings (SSSR count). The van der Waals surface area contributed by atoms with Crippen LogP contribution in [0.1, 0.15) is 7.43 Å². The van der Waals surface area contributed by atoms with E-state index in [0.717, 1.165) is 65.3 Å². The largest absolute Gasteiger partial charge is 0.569 e. The van der Waals surface area contributed by atoms with Crippen LogP contribution in [0.3, 0.4) is 0 Å². The molecule has 1 N–H and O–H groups in total. The molecule has 1 radical (unpaired) electrons. The lowest BCUT2D eigenvalue weighted by molar-refractivity contribution is 0.454. The van der Waals surface area contributed by atoms with Crippen LogP contribution in [0.5, 0.6) is 5.75 Å². The summed E-state index contributed by atoms with van der Waals surface area (Å²) >= 11 is 3.40. The summed E-state index contributed by atoms with van der Waals surface area (Å²) in [6, 6.07) is 82.2. The second kappa shape index (κ2) is 20.4. The first-order valence-corrected chi connectivity index (χ1v) is 24.2. The van der Waals surface area contributed by atoms with Crippen LogP contribution in [0, 0.1) is 0 Å². The van der Waals surface area contributed by atoms with Gasteiger partial charge in [-0.3, -0.25) is 0 Å². The van der Waals surface area contributed by atoms with E-state index in [0.29, 0.717) is 25.2 Å². The third-order valence-electron chi connectivity index (χ3n) is 12.7. The van der Waals surface area contributed by atoms with Gasteiger partial charge < -0.3 is 27.6 Å². The molecular formula is C63H45BBrN4O4. The molecule has 4 aromatic heterocycles. The second-order valence-electron chi connectivity index (χ2n) is 17.1. The number of benzene rings is 10. The molecule has 0 atom stereocenters. The minimum Gasteiger partial charge on any atom is -0.537 e. The molecule has 0 fully saturated rings. The lowest BCUT2D eigenvalue weighted by Crippen LogP contribution is -1.99. The normalized spacial score (nSPS) is 11.0. The average molecular weight is 1010 g/mol. The van der Waals surface area contributed by atoms with Crippen LogP contribution in [0.25, 0.3) is 111 Å². The van der Waals surface area contributed by atoms with Gasteiger partial charge in [-0.2, -0.15) is 0 Å². The fourth-order valence-electron chi connectivity index (χ4n) is 9.34. The predicted octanol–water partition coefficient (Wildman–Crippen LogP) is 16.8. The number of aromatic nitrogens is 4. The van der Waals surface area contributed by atoms with Crippen molar-refractivity contribution in [2.24, 2.45) is 0 Å². The SMILES string of the molecule is Brc1ccc(-c2nc3ccccc3o2)cc1.C.O[B]Oc1ccc2c(c1)c1ccccc1n2-c1ccccc1.c1ccc(-n2c3ccccc3c3cc(-c4ccc(-c5nc6ccccc6o5)cc4)ccc32)cc1. The topological polar surface area (TPSA) is 91.4 Å². The fraction of sp³-hybridized carbons (Fsp3) is 0.0159. The number of halogens is 1. The van der Waals surface area contributed by atoms with Crippen LogP contribution in [0.4, 0.5) is 0 Å². The highest BCUT2D eigenvalue weighted by Gasteiger charge is 2.15. The minimum atomic E-state index is 0. The van der Waals surface area contributed by atoms with E-state index in [1.807, 2.05) is 121 Å². The van der Waals surface area contributed by atoms with E-state index in [1.54, 1.807) is 0 Å². The van der Waals surface area contributed by atoms with Crippen molar-refractivity contribution in [3.63, 3.8) is 0 Å². The van der Waals surface area contributed by atoms with Crippen molar-refractivity contribution in [1.82, 2.24) is 19.1 Å². The van der Waals surface area contributed by atoms with Gasteiger partial charge in [0, 0.05) is 48.5 Å². The van der Waals surface area contributed by atoms with E-state index in [4.69, 9.17) is 18.5 Å². The van der Waals surface area contributed by atoms with Gasteiger partial charge in [0.25, 0.3) is 0 Å². The standard InChI is InChI=1S/C31H20N2O.C18H13BNO2.C13H8BrNO.CH4/c1-2-8-24(9-3-1)33-28-12-6-4-10-25(28)26-20-23(18-19-29(26)33)21-14-16-22(17-15-21)31-32-27-11-5-7-13-30(27)34-31;21-19-22-14-10-11-18-16(12-14)15-8-4-5-9-17(15)20(18)13-6-2-1-3-7-13;14-10-7-5-9(6-8-10)13-15-11-3-1-2-4-12(11)16-13;/h1-20H;1-12,21H;1-8H;1H4. The predicted molar refractivity (Wildman–Crippen MR) is 302 cm³/mol. The quantitative estimate of drug-likeness (QED) is 0.160. The Morgan fingerprint density at radius 3 is 1.33 bits per heavy atom. The molecule has 0 saturated carbocycles. The van der Waals surface area contributed by atoms with Gasteiger partial charge in [-0.15, -0.1) is 0 Å². The Kier molecular flexibility index (Phi) is 13.0. The van der Waals surface area contributed by atoms with Crippen molar-refractivity contribution in [3.8, 4) is 51.2 Å². The van der Waals surface area contributed by atoms with E-state index < -0.39 is 0 Å². The molecule has 0 aliphatic carbocycles. The first kappa shape index (κ1) is 46.4. The van der Waals surface area contributed by atoms with Gasteiger partial charge in [0.05, 0.1) is 22.1 Å². The van der Waals surface area contributed by atoms with E-state index in [1.165, 1.54) is 38.6 Å². The van der Waals surface area contributed by atoms with Crippen LogP contribution in [0.2, 0.25) is 0 Å².